The molecule has 0 unspecified atom stereocenters. The van der Waals surface area contributed by atoms with Gasteiger partial charge in [0.15, 0.2) is 4.34 Å². The zero-order valence-corrected chi connectivity index (χ0v) is 10.9. The van der Waals surface area contributed by atoms with Crippen LogP contribution in [0.25, 0.3) is 10.2 Å². The van der Waals surface area contributed by atoms with Gasteiger partial charge in [-0.3, -0.25) is 0 Å². The van der Waals surface area contributed by atoms with Gasteiger partial charge in [0.25, 0.3) is 0 Å². The number of hydrogen-bond donors (Lipinski definition) is 2. The number of nitrogens with one attached hydrogen (secondary N) is 2. The van der Waals surface area contributed by atoms with E-state index in [2.05, 4.69) is 15.2 Å². The molecule has 0 atom stereocenters. The molecule has 0 spiro atoms. The highest BCUT2D eigenvalue weighted by Gasteiger charge is 2.03. The van der Waals surface area contributed by atoms with Crippen LogP contribution < -0.4 is 10.3 Å². The first kappa shape index (κ1) is 12.7. The van der Waals surface area contributed by atoms with Gasteiger partial charge in [-0.05, 0) is 12.1 Å². The van der Waals surface area contributed by atoms with Gasteiger partial charge in [0, 0.05) is 11.9 Å². The third kappa shape index (κ3) is 3.91. The molecule has 0 radical (unpaired) electrons. The standard InChI is InChI=1S/C8H9N3O3S3/c12-17(13,14)5-9-11-16-8-10-6-3-1-2-4-7(6)15-8/h1-4,9,11H,5H2,(H,12,13,14)/p-1. The molecule has 92 valence electrons. The summed E-state index contributed by atoms with van der Waals surface area (Å²) in [4.78, 5) is 6.85. The molecule has 0 aliphatic carbocycles. The third-order valence-electron chi connectivity index (χ3n) is 1.73. The van der Waals surface area contributed by atoms with Gasteiger partial charge in [0.2, 0.25) is 0 Å². The average molecular weight is 290 g/mol. The second kappa shape index (κ2) is 5.29. The predicted molar refractivity (Wildman–Crippen MR) is 66.3 cm³/mol. The normalized spacial score (nSPS) is 12.1. The Bertz CT molecular complexity index is 578. The summed E-state index contributed by atoms with van der Waals surface area (Å²) in [5.74, 6) is -0.662. The van der Waals surface area contributed by atoms with Crippen molar-refractivity contribution in [3.8, 4) is 0 Å². The number of hydrazine groups is 1. The minimum absolute atomic E-state index is 0.662. The lowest BCUT2D eigenvalue weighted by Gasteiger charge is -2.07. The Balaban J connectivity index is 1.91. The number of thiazole rings is 1. The Morgan fingerprint density at radius 2 is 2.18 bits per heavy atom. The van der Waals surface area contributed by atoms with Crippen LogP contribution in [0.5, 0.6) is 0 Å². The van der Waals surface area contributed by atoms with Crippen LogP contribution in [0, 0.1) is 0 Å². The van der Waals surface area contributed by atoms with Crippen LogP contribution in [0.4, 0.5) is 0 Å². The van der Waals surface area contributed by atoms with Crippen molar-refractivity contribution in [1.82, 2.24) is 15.2 Å². The van der Waals surface area contributed by atoms with Crippen LogP contribution in [-0.2, 0) is 10.1 Å². The Labute approximate surface area is 106 Å². The monoisotopic (exact) mass is 290 g/mol. The first-order valence-corrected chi connectivity index (χ1v) is 7.69. The topological polar surface area (TPSA) is 94.2 Å². The molecule has 0 amide bonds. The van der Waals surface area contributed by atoms with Crippen LogP contribution in [0.3, 0.4) is 0 Å². The largest absolute Gasteiger partial charge is 0.747 e. The molecular weight excluding hydrogens is 282 g/mol. The number of nitrogens with zero attached hydrogens (tertiary/aromatic N) is 1. The number of benzene rings is 1. The van der Waals surface area contributed by atoms with Gasteiger partial charge in [-0.15, -0.1) is 11.3 Å². The fraction of sp³-hybridized carbons (Fsp3) is 0.125. The molecule has 2 N–H and O–H groups in total. The van der Waals surface area contributed by atoms with Crippen molar-refractivity contribution in [2.24, 2.45) is 0 Å². The summed E-state index contributed by atoms with van der Waals surface area (Å²) in [6.45, 7) is 0. The molecular formula is C8H8N3O3S3-. The molecule has 6 nitrogen and oxygen atoms in total. The number of rotatable bonds is 5. The van der Waals surface area contributed by atoms with Crippen molar-refractivity contribution in [3.63, 3.8) is 0 Å². The highest BCUT2D eigenvalue weighted by Crippen LogP contribution is 2.27. The van der Waals surface area contributed by atoms with Gasteiger partial charge in [-0.25, -0.2) is 18.8 Å². The predicted octanol–water partition coefficient (Wildman–Crippen LogP) is 0.900. The molecule has 0 aliphatic rings. The zero-order valence-electron chi connectivity index (χ0n) is 8.41. The fourth-order valence-electron chi connectivity index (χ4n) is 1.09. The van der Waals surface area contributed by atoms with Crippen LogP contribution in [0.2, 0.25) is 0 Å². The molecule has 0 saturated carbocycles. The van der Waals surface area contributed by atoms with E-state index in [4.69, 9.17) is 0 Å². The highest BCUT2D eigenvalue weighted by atomic mass is 32.2. The zero-order chi connectivity index (χ0) is 12.3. The Morgan fingerprint density at radius 3 is 2.88 bits per heavy atom. The molecule has 2 aromatic rings. The second-order valence-corrected chi connectivity index (χ2v) is 6.52. The van der Waals surface area contributed by atoms with E-state index in [1.807, 2.05) is 24.3 Å². The van der Waals surface area contributed by atoms with Crippen LogP contribution in [-0.4, -0.2) is 23.8 Å². The maximum atomic E-state index is 10.3. The van der Waals surface area contributed by atoms with E-state index in [-0.39, 0.29) is 0 Å². The lowest BCUT2D eigenvalue weighted by molar-refractivity contribution is 0.456. The third-order valence-corrected chi connectivity index (χ3v) is 4.07. The lowest BCUT2D eigenvalue weighted by atomic mass is 10.3. The molecule has 17 heavy (non-hydrogen) atoms. The van der Waals surface area contributed by atoms with Gasteiger partial charge >= 0.3 is 0 Å². The summed E-state index contributed by atoms with van der Waals surface area (Å²) in [5.41, 5.74) is 3.18. The SMILES string of the molecule is O=S(=O)([O-])CNNSc1nc2ccccc2s1. The minimum atomic E-state index is -4.26. The van der Waals surface area contributed by atoms with Crippen molar-refractivity contribution in [2.45, 2.75) is 4.34 Å². The van der Waals surface area contributed by atoms with E-state index in [9.17, 15) is 13.0 Å². The lowest BCUT2D eigenvalue weighted by Crippen LogP contribution is -2.31. The molecule has 9 heteroatoms. The number of para-hydroxylation sites is 1. The highest BCUT2D eigenvalue weighted by molar-refractivity contribution is 7.99. The van der Waals surface area contributed by atoms with Crippen LogP contribution >= 0.6 is 23.3 Å². The number of aromatic nitrogens is 1. The first-order valence-electron chi connectivity index (χ1n) is 4.48. The number of hydrogen-bond acceptors (Lipinski definition) is 8. The van der Waals surface area contributed by atoms with Crippen molar-refractivity contribution < 1.29 is 13.0 Å². The van der Waals surface area contributed by atoms with E-state index in [0.29, 0.717) is 0 Å². The average Bonchev–Trinajstić information content (AvgIpc) is 2.65. The van der Waals surface area contributed by atoms with Gasteiger partial charge < -0.3 is 4.55 Å². The molecule has 0 aliphatic heterocycles. The maximum absolute atomic E-state index is 10.3. The minimum Gasteiger partial charge on any atom is -0.747 e. The van der Waals surface area contributed by atoms with E-state index < -0.39 is 16.0 Å². The van der Waals surface area contributed by atoms with Crippen molar-refractivity contribution in [2.75, 3.05) is 5.88 Å². The Kier molecular flexibility index (Phi) is 3.97. The first-order chi connectivity index (χ1) is 8.04. The van der Waals surface area contributed by atoms with E-state index in [1.165, 1.54) is 11.3 Å². The van der Waals surface area contributed by atoms with Gasteiger partial charge in [-0.1, -0.05) is 12.1 Å². The maximum Gasteiger partial charge on any atom is 0.167 e. The summed E-state index contributed by atoms with van der Waals surface area (Å²) < 4.78 is 32.7. The van der Waals surface area contributed by atoms with Crippen molar-refractivity contribution in [1.29, 1.82) is 0 Å². The van der Waals surface area contributed by atoms with Gasteiger partial charge in [0.1, 0.15) is 16.0 Å². The molecule has 0 fully saturated rings. The molecule has 0 bridgehead atoms. The summed E-state index contributed by atoms with van der Waals surface area (Å²) in [7, 11) is -4.26. The summed E-state index contributed by atoms with van der Waals surface area (Å²) >= 11 is 2.61. The van der Waals surface area contributed by atoms with E-state index in [1.54, 1.807) is 0 Å². The quantitative estimate of drug-likeness (QED) is 0.365. The molecule has 1 aromatic heterocycles. The fourth-order valence-corrected chi connectivity index (χ4v) is 3.07. The second-order valence-electron chi connectivity index (χ2n) is 3.03. The smallest absolute Gasteiger partial charge is 0.167 e. The van der Waals surface area contributed by atoms with Crippen molar-refractivity contribution in [3.05, 3.63) is 24.3 Å². The van der Waals surface area contributed by atoms with E-state index in [0.717, 1.165) is 26.5 Å². The van der Waals surface area contributed by atoms with Gasteiger partial charge in [-0.2, -0.15) is 4.83 Å². The summed E-state index contributed by atoms with van der Waals surface area (Å²) in [6.07, 6.45) is 0. The Morgan fingerprint density at radius 1 is 1.41 bits per heavy atom. The molecule has 1 aromatic carbocycles. The number of fused-ring (bicyclic) bond motifs is 1. The summed E-state index contributed by atoms with van der Waals surface area (Å²) in [5, 5.41) is 0. The molecule has 0 saturated heterocycles. The van der Waals surface area contributed by atoms with Crippen LogP contribution in [0.1, 0.15) is 0 Å². The van der Waals surface area contributed by atoms with Gasteiger partial charge in [0.05, 0.1) is 10.2 Å². The van der Waals surface area contributed by atoms with Crippen molar-refractivity contribution >= 4 is 43.6 Å². The Hall–Kier alpha value is -0.710. The van der Waals surface area contributed by atoms with E-state index >= 15 is 0 Å². The molecule has 1 heterocycles. The van der Waals surface area contributed by atoms with Crippen LogP contribution in [0.15, 0.2) is 28.6 Å². The summed E-state index contributed by atoms with van der Waals surface area (Å²) in [6, 6.07) is 7.66. The molecule has 2 rings (SSSR count).